The Morgan fingerprint density at radius 1 is 1.13 bits per heavy atom. The maximum atomic E-state index is 13.3. The number of carbonyl (C=O) groups excluding carboxylic acids is 1. The number of rotatable bonds is 7. The van der Waals surface area contributed by atoms with E-state index in [4.69, 9.17) is 9.47 Å². The van der Waals surface area contributed by atoms with E-state index >= 15 is 0 Å². The summed E-state index contributed by atoms with van der Waals surface area (Å²) in [5.41, 5.74) is 1.97. The van der Waals surface area contributed by atoms with Crippen LogP contribution in [0.5, 0.6) is 5.75 Å². The fourth-order valence-corrected chi connectivity index (χ4v) is 4.29. The van der Waals surface area contributed by atoms with E-state index in [2.05, 4.69) is 15.5 Å². The topological polar surface area (TPSA) is 82.4 Å². The second kappa shape index (κ2) is 9.73. The number of benzene rings is 2. The molecule has 156 valence electrons. The minimum atomic E-state index is -0.426. The predicted octanol–water partition coefficient (Wildman–Crippen LogP) is 2.42. The first-order valence-corrected chi connectivity index (χ1v) is 10.6. The monoisotopic (exact) mass is 425 g/mol. The van der Waals surface area contributed by atoms with Crippen molar-refractivity contribution >= 4 is 17.7 Å². The van der Waals surface area contributed by atoms with E-state index in [9.17, 15) is 4.79 Å². The maximum Gasteiger partial charge on any atom is 0.240 e. The number of amides is 1. The quantitative estimate of drug-likeness (QED) is 0.538. The summed E-state index contributed by atoms with van der Waals surface area (Å²) in [4.78, 5) is 15.2. The van der Waals surface area contributed by atoms with Gasteiger partial charge in [-0.1, -0.05) is 54.2 Å². The van der Waals surface area contributed by atoms with Gasteiger partial charge in [-0.25, -0.2) is 4.68 Å². The Bertz CT molecular complexity index is 958. The Morgan fingerprint density at radius 3 is 2.57 bits per heavy atom. The van der Waals surface area contributed by atoms with E-state index in [1.807, 2.05) is 59.5 Å². The van der Waals surface area contributed by atoms with Gasteiger partial charge in [-0.15, -0.1) is 5.10 Å². The minimum absolute atomic E-state index is 0.0495. The lowest BCUT2D eigenvalue weighted by Gasteiger charge is -2.30. The van der Waals surface area contributed by atoms with Crippen LogP contribution in [0.15, 0.2) is 59.8 Å². The maximum absolute atomic E-state index is 13.3. The second-order valence-corrected chi connectivity index (χ2v) is 7.89. The van der Waals surface area contributed by atoms with Crippen LogP contribution < -0.4 is 4.74 Å². The van der Waals surface area contributed by atoms with E-state index in [1.165, 1.54) is 11.8 Å². The molecule has 3 aromatic rings. The number of hydrogen-bond acceptors (Lipinski definition) is 7. The second-order valence-electron chi connectivity index (χ2n) is 6.81. The van der Waals surface area contributed by atoms with Gasteiger partial charge < -0.3 is 14.4 Å². The molecule has 0 aliphatic carbocycles. The average Bonchev–Trinajstić information content (AvgIpc) is 3.25. The van der Waals surface area contributed by atoms with E-state index in [0.29, 0.717) is 38.0 Å². The van der Waals surface area contributed by atoms with Crippen molar-refractivity contribution in [1.82, 2.24) is 25.1 Å². The number of aromatic nitrogens is 4. The first-order valence-electron chi connectivity index (χ1n) is 9.72. The lowest BCUT2D eigenvalue weighted by molar-refractivity contribution is -0.134. The number of ether oxygens (including phenoxy) is 2. The van der Waals surface area contributed by atoms with Crippen LogP contribution in [0, 0.1) is 0 Å². The van der Waals surface area contributed by atoms with Gasteiger partial charge in [0.05, 0.1) is 26.9 Å². The molecule has 1 amide bonds. The predicted molar refractivity (Wildman–Crippen MR) is 112 cm³/mol. The first kappa shape index (κ1) is 20.4. The van der Waals surface area contributed by atoms with Crippen molar-refractivity contribution in [2.24, 2.45) is 0 Å². The number of tetrazole rings is 1. The molecule has 1 aliphatic rings. The Hall–Kier alpha value is -2.91. The van der Waals surface area contributed by atoms with Gasteiger partial charge in [0.25, 0.3) is 0 Å². The Labute approximate surface area is 179 Å². The van der Waals surface area contributed by atoms with E-state index < -0.39 is 5.25 Å². The third kappa shape index (κ3) is 4.80. The average molecular weight is 426 g/mol. The normalized spacial score (nSPS) is 15.0. The van der Waals surface area contributed by atoms with Crippen LogP contribution in [-0.2, 0) is 16.1 Å². The van der Waals surface area contributed by atoms with Gasteiger partial charge in [0.2, 0.25) is 11.1 Å². The fraction of sp³-hybridized carbons (Fsp3) is 0.333. The third-order valence-electron chi connectivity index (χ3n) is 4.86. The van der Waals surface area contributed by atoms with E-state index in [0.717, 1.165) is 16.9 Å². The molecule has 2 heterocycles. The molecule has 8 nitrogen and oxygen atoms in total. The number of nitrogens with zero attached hydrogens (tertiary/aromatic N) is 5. The molecular formula is C21H23N5O3S. The van der Waals surface area contributed by atoms with Crippen molar-refractivity contribution < 1.29 is 14.3 Å². The summed E-state index contributed by atoms with van der Waals surface area (Å²) in [6.07, 6.45) is 0. The molecule has 1 aromatic heterocycles. The van der Waals surface area contributed by atoms with Crippen molar-refractivity contribution in [3.05, 3.63) is 65.7 Å². The lowest BCUT2D eigenvalue weighted by atomic mass is 10.1. The number of hydrogen-bond donors (Lipinski definition) is 0. The summed E-state index contributed by atoms with van der Waals surface area (Å²) < 4.78 is 12.3. The zero-order valence-corrected chi connectivity index (χ0v) is 17.5. The van der Waals surface area contributed by atoms with Gasteiger partial charge in [-0.3, -0.25) is 4.79 Å². The van der Waals surface area contributed by atoms with Crippen LogP contribution in [0.1, 0.15) is 16.4 Å². The van der Waals surface area contributed by atoms with Gasteiger partial charge in [0.15, 0.2) is 0 Å². The highest BCUT2D eigenvalue weighted by molar-refractivity contribution is 8.00. The zero-order valence-electron chi connectivity index (χ0n) is 16.7. The zero-order chi connectivity index (χ0) is 20.8. The minimum Gasteiger partial charge on any atom is -0.497 e. The van der Waals surface area contributed by atoms with Crippen LogP contribution in [0.3, 0.4) is 0 Å². The van der Waals surface area contributed by atoms with Gasteiger partial charge in [-0.2, -0.15) is 0 Å². The molecule has 2 aromatic carbocycles. The highest BCUT2D eigenvalue weighted by Crippen LogP contribution is 2.35. The van der Waals surface area contributed by atoms with Crippen LogP contribution in [0.25, 0.3) is 0 Å². The Kier molecular flexibility index (Phi) is 6.60. The molecule has 9 heteroatoms. The van der Waals surface area contributed by atoms with Crippen molar-refractivity contribution in [2.75, 3.05) is 33.4 Å². The van der Waals surface area contributed by atoms with E-state index in [-0.39, 0.29) is 5.91 Å². The molecule has 0 saturated carbocycles. The van der Waals surface area contributed by atoms with Crippen molar-refractivity contribution in [3.8, 4) is 5.75 Å². The number of methoxy groups -OCH3 is 1. The standard InChI is InChI=1S/C21H23N5O3S/c1-28-18-9-7-16(8-10-18)15-26-21(22-23-24-26)30-19(17-5-3-2-4-6-17)20(27)25-11-13-29-14-12-25/h2-10,19H,11-15H2,1H3/t19-/m0/s1. The molecule has 30 heavy (non-hydrogen) atoms. The molecule has 1 saturated heterocycles. The van der Waals surface area contributed by atoms with Gasteiger partial charge in [0.1, 0.15) is 11.0 Å². The van der Waals surface area contributed by atoms with Crippen molar-refractivity contribution in [3.63, 3.8) is 0 Å². The third-order valence-corrected chi connectivity index (χ3v) is 6.08. The Morgan fingerprint density at radius 2 is 1.87 bits per heavy atom. The summed E-state index contributed by atoms with van der Waals surface area (Å²) in [7, 11) is 1.64. The Balaban J connectivity index is 1.56. The molecule has 0 N–H and O–H groups in total. The van der Waals surface area contributed by atoms with Crippen molar-refractivity contribution in [1.29, 1.82) is 0 Å². The summed E-state index contributed by atoms with van der Waals surface area (Å²) >= 11 is 1.37. The van der Waals surface area contributed by atoms with Gasteiger partial charge >= 0.3 is 0 Å². The van der Waals surface area contributed by atoms with Crippen molar-refractivity contribution in [2.45, 2.75) is 17.0 Å². The largest absolute Gasteiger partial charge is 0.497 e. The number of carbonyl (C=O) groups is 1. The van der Waals surface area contributed by atoms with Gasteiger partial charge in [-0.05, 0) is 33.7 Å². The van der Waals surface area contributed by atoms with Crippen LogP contribution in [0.4, 0.5) is 0 Å². The van der Waals surface area contributed by atoms with Crippen LogP contribution in [-0.4, -0.2) is 64.4 Å². The molecule has 0 radical (unpaired) electrons. The number of thioether (sulfide) groups is 1. The summed E-state index contributed by atoms with van der Waals surface area (Å²) in [6.45, 7) is 2.83. The molecular weight excluding hydrogens is 402 g/mol. The summed E-state index contributed by atoms with van der Waals surface area (Å²) in [6, 6.07) is 17.5. The molecule has 4 rings (SSSR count). The SMILES string of the molecule is COc1ccc(Cn2nnnc2S[C@H](C(=O)N2CCOCC2)c2ccccc2)cc1. The summed E-state index contributed by atoms with van der Waals surface area (Å²) in [5.74, 6) is 0.846. The van der Waals surface area contributed by atoms with E-state index in [1.54, 1.807) is 11.8 Å². The highest BCUT2D eigenvalue weighted by Gasteiger charge is 2.30. The lowest BCUT2D eigenvalue weighted by Crippen LogP contribution is -2.42. The molecule has 0 spiro atoms. The molecule has 0 unspecified atom stereocenters. The van der Waals surface area contributed by atoms with Crippen LogP contribution >= 0.6 is 11.8 Å². The number of morpholine rings is 1. The van der Waals surface area contributed by atoms with Gasteiger partial charge in [0, 0.05) is 13.1 Å². The smallest absolute Gasteiger partial charge is 0.240 e. The summed E-state index contributed by atoms with van der Waals surface area (Å²) in [5, 5.41) is 12.3. The highest BCUT2D eigenvalue weighted by atomic mass is 32.2. The van der Waals surface area contributed by atoms with Crippen LogP contribution in [0.2, 0.25) is 0 Å². The first-order chi connectivity index (χ1) is 14.7. The molecule has 1 fully saturated rings. The molecule has 1 atom stereocenters. The molecule has 1 aliphatic heterocycles. The molecule has 0 bridgehead atoms. The fourth-order valence-electron chi connectivity index (χ4n) is 3.23.